The largest absolute Gasteiger partial charge is 0.494 e. The van der Waals surface area contributed by atoms with Crippen LogP contribution in [0.3, 0.4) is 0 Å². The zero-order chi connectivity index (χ0) is 23.3. The third-order valence-corrected chi connectivity index (χ3v) is 5.19. The van der Waals surface area contributed by atoms with Gasteiger partial charge in [-0.1, -0.05) is 28.9 Å². The molecule has 0 aliphatic carbocycles. The van der Waals surface area contributed by atoms with Crippen LogP contribution in [0.2, 0.25) is 5.02 Å². The van der Waals surface area contributed by atoms with Gasteiger partial charge in [-0.15, -0.1) is 0 Å². The summed E-state index contributed by atoms with van der Waals surface area (Å²) < 4.78 is 17.6. The van der Waals surface area contributed by atoms with Gasteiger partial charge in [0.25, 0.3) is 0 Å². The SMILES string of the molecule is C/C=C/COc1cc(C)c(OCCCCCOc2ccc(C(C)=NOC)c(Cl)c2)c(C)c1. The molecule has 2 rings (SSSR count). The van der Waals surface area contributed by atoms with Gasteiger partial charge >= 0.3 is 0 Å². The Morgan fingerprint density at radius 3 is 2.25 bits per heavy atom. The zero-order valence-corrected chi connectivity index (χ0v) is 20.5. The Morgan fingerprint density at radius 2 is 1.62 bits per heavy atom. The van der Waals surface area contributed by atoms with Crippen molar-refractivity contribution in [2.24, 2.45) is 5.16 Å². The Balaban J connectivity index is 1.70. The molecule has 32 heavy (non-hydrogen) atoms. The monoisotopic (exact) mass is 459 g/mol. The summed E-state index contributed by atoms with van der Waals surface area (Å²) in [6, 6.07) is 9.66. The Morgan fingerprint density at radius 1 is 0.938 bits per heavy atom. The molecule has 0 spiro atoms. The summed E-state index contributed by atoms with van der Waals surface area (Å²) in [5.74, 6) is 2.57. The summed E-state index contributed by atoms with van der Waals surface area (Å²) in [4.78, 5) is 4.80. The lowest BCUT2D eigenvalue weighted by Crippen LogP contribution is -2.04. The normalized spacial score (nSPS) is 11.6. The minimum Gasteiger partial charge on any atom is -0.494 e. The average Bonchev–Trinajstić information content (AvgIpc) is 2.75. The second kappa shape index (κ2) is 13.7. The van der Waals surface area contributed by atoms with E-state index in [4.69, 9.17) is 30.6 Å². The minimum absolute atomic E-state index is 0.579. The molecule has 0 atom stereocenters. The first-order valence-electron chi connectivity index (χ1n) is 10.9. The Kier molecular flexibility index (Phi) is 10.9. The van der Waals surface area contributed by atoms with Crippen LogP contribution in [-0.4, -0.2) is 32.6 Å². The summed E-state index contributed by atoms with van der Waals surface area (Å²) in [5.41, 5.74) is 3.75. The van der Waals surface area contributed by atoms with Gasteiger partial charge in [-0.2, -0.15) is 0 Å². The number of ether oxygens (including phenoxy) is 3. The fourth-order valence-electron chi connectivity index (χ4n) is 3.27. The van der Waals surface area contributed by atoms with E-state index < -0.39 is 0 Å². The highest BCUT2D eigenvalue weighted by Gasteiger charge is 2.08. The van der Waals surface area contributed by atoms with E-state index in [9.17, 15) is 0 Å². The van der Waals surface area contributed by atoms with Gasteiger partial charge in [0.15, 0.2) is 0 Å². The molecule has 0 saturated heterocycles. The summed E-state index contributed by atoms with van der Waals surface area (Å²) in [5, 5.41) is 4.51. The van der Waals surface area contributed by atoms with Gasteiger partial charge < -0.3 is 19.0 Å². The maximum Gasteiger partial charge on any atom is 0.125 e. The van der Waals surface area contributed by atoms with Crippen molar-refractivity contribution in [1.82, 2.24) is 0 Å². The third-order valence-electron chi connectivity index (χ3n) is 4.88. The van der Waals surface area contributed by atoms with Crippen molar-refractivity contribution in [2.75, 3.05) is 26.9 Å². The second-order valence-electron chi connectivity index (χ2n) is 7.52. The standard InChI is InChI=1S/C26H34ClNO4/c1-6-7-13-31-23-16-19(2)26(20(3)17-23)32-15-10-8-9-14-30-22-11-12-24(25(27)18-22)21(4)28-29-5/h6-7,11-12,16-18H,8-10,13-15H2,1-5H3/b7-6+,28-21?. The van der Waals surface area contributed by atoms with E-state index in [1.54, 1.807) is 0 Å². The second-order valence-corrected chi connectivity index (χ2v) is 7.93. The van der Waals surface area contributed by atoms with E-state index >= 15 is 0 Å². The Labute approximate surface area is 197 Å². The van der Waals surface area contributed by atoms with E-state index in [0.29, 0.717) is 24.8 Å². The molecule has 6 heteroatoms. The van der Waals surface area contributed by atoms with Crippen LogP contribution in [0.15, 0.2) is 47.6 Å². The summed E-state index contributed by atoms with van der Waals surface area (Å²) in [7, 11) is 1.51. The van der Waals surface area contributed by atoms with Crippen LogP contribution in [0.1, 0.15) is 49.8 Å². The lowest BCUT2D eigenvalue weighted by atomic mass is 10.1. The summed E-state index contributed by atoms with van der Waals surface area (Å²) in [6.07, 6.45) is 6.90. The van der Waals surface area contributed by atoms with Crippen molar-refractivity contribution >= 4 is 17.3 Å². The molecule has 0 heterocycles. The fraction of sp³-hybridized carbons (Fsp3) is 0.423. The maximum absolute atomic E-state index is 6.32. The number of unbranched alkanes of at least 4 members (excludes halogenated alkanes) is 2. The Bertz CT molecular complexity index is 901. The van der Waals surface area contributed by atoms with E-state index in [1.807, 2.05) is 56.3 Å². The van der Waals surface area contributed by atoms with Crippen LogP contribution in [-0.2, 0) is 4.84 Å². The molecule has 0 fully saturated rings. The number of aryl methyl sites for hydroxylation is 2. The number of allylic oxidation sites excluding steroid dienone is 1. The third kappa shape index (κ3) is 8.12. The number of rotatable bonds is 13. The highest BCUT2D eigenvalue weighted by atomic mass is 35.5. The molecule has 0 radical (unpaired) electrons. The number of hydrogen-bond acceptors (Lipinski definition) is 5. The number of nitrogens with zero attached hydrogens (tertiary/aromatic N) is 1. The molecule has 2 aromatic rings. The van der Waals surface area contributed by atoms with Crippen LogP contribution < -0.4 is 14.2 Å². The first-order valence-corrected chi connectivity index (χ1v) is 11.3. The van der Waals surface area contributed by atoms with E-state index in [-0.39, 0.29) is 0 Å². The van der Waals surface area contributed by atoms with Crippen molar-refractivity contribution in [3.8, 4) is 17.2 Å². The van der Waals surface area contributed by atoms with E-state index in [1.165, 1.54) is 7.11 Å². The molecule has 0 unspecified atom stereocenters. The van der Waals surface area contributed by atoms with Crippen molar-refractivity contribution in [2.45, 2.75) is 47.0 Å². The Hall–Kier alpha value is -2.66. The number of benzene rings is 2. The molecular weight excluding hydrogens is 426 g/mol. The van der Waals surface area contributed by atoms with Gasteiger partial charge in [-0.25, -0.2) is 0 Å². The molecule has 0 aromatic heterocycles. The fourth-order valence-corrected chi connectivity index (χ4v) is 3.58. The zero-order valence-electron chi connectivity index (χ0n) is 19.7. The van der Waals surface area contributed by atoms with Crippen LogP contribution in [0.25, 0.3) is 0 Å². The van der Waals surface area contributed by atoms with Gasteiger partial charge in [-0.3, -0.25) is 0 Å². The van der Waals surface area contributed by atoms with Gasteiger partial charge in [-0.05, 0) is 88.4 Å². The minimum atomic E-state index is 0.579. The predicted molar refractivity (Wildman–Crippen MR) is 132 cm³/mol. The smallest absolute Gasteiger partial charge is 0.125 e. The first-order chi connectivity index (χ1) is 15.5. The molecule has 174 valence electrons. The van der Waals surface area contributed by atoms with Gasteiger partial charge in [0, 0.05) is 5.56 Å². The van der Waals surface area contributed by atoms with Gasteiger partial charge in [0.1, 0.15) is 31.0 Å². The topological polar surface area (TPSA) is 49.3 Å². The van der Waals surface area contributed by atoms with Gasteiger partial charge in [0.2, 0.25) is 0 Å². The van der Waals surface area contributed by atoms with Crippen molar-refractivity contribution in [3.05, 3.63) is 64.2 Å². The summed E-state index contributed by atoms with van der Waals surface area (Å²) in [6.45, 7) is 9.84. The number of hydrogen-bond donors (Lipinski definition) is 0. The van der Waals surface area contributed by atoms with Crippen molar-refractivity contribution in [1.29, 1.82) is 0 Å². The van der Waals surface area contributed by atoms with Crippen molar-refractivity contribution < 1.29 is 19.0 Å². The van der Waals surface area contributed by atoms with Crippen LogP contribution >= 0.6 is 11.6 Å². The highest BCUT2D eigenvalue weighted by Crippen LogP contribution is 2.29. The van der Waals surface area contributed by atoms with E-state index in [0.717, 1.165) is 58.9 Å². The molecule has 0 N–H and O–H groups in total. The number of oxime groups is 1. The molecule has 2 aromatic carbocycles. The van der Waals surface area contributed by atoms with Crippen LogP contribution in [0.5, 0.6) is 17.2 Å². The van der Waals surface area contributed by atoms with Crippen LogP contribution in [0.4, 0.5) is 0 Å². The number of halogens is 1. The molecular formula is C26H34ClNO4. The molecule has 0 bridgehead atoms. The van der Waals surface area contributed by atoms with Gasteiger partial charge in [0.05, 0.1) is 23.9 Å². The lowest BCUT2D eigenvalue weighted by molar-refractivity contribution is 0.213. The predicted octanol–water partition coefficient (Wildman–Crippen LogP) is 6.91. The highest BCUT2D eigenvalue weighted by molar-refractivity contribution is 6.34. The molecule has 0 amide bonds. The molecule has 0 saturated carbocycles. The summed E-state index contributed by atoms with van der Waals surface area (Å²) >= 11 is 6.32. The van der Waals surface area contributed by atoms with E-state index in [2.05, 4.69) is 19.0 Å². The molecule has 0 aliphatic heterocycles. The quantitative estimate of drug-likeness (QED) is 0.141. The first kappa shape index (κ1) is 25.6. The average molecular weight is 460 g/mol. The maximum atomic E-state index is 6.32. The lowest BCUT2D eigenvalue weighted by Gasteiger charge is -2.14. The van der Waals surface area contributed by atoms with Crippen molar-refractivity contribution in [3.63, 3.8) is 0 Å². The molecule has 5 nitrogen and oxygen atoms in total. The molecule has 0 aliphatic rings. The van der Waals surface area contributed by atoms with Crippen LogP contribution in [0, 0.1) is 13.8 Å².